The van der Waals surface area contributed by atoms with Crippen molar-refractivity contribution in [3.8, 4) is 0 Å². The van der Waals surface area contributed by atoms with E-state index in [4.69, 9.17) is 10.1 Å². The largest absolute Gasteiger partial charge is 0.481 e. The Kier molecular flexibility index (Phi) is 8.81. The van der Waals surface area contributed by atoms with Crippen LogP contribution >= 0.6 is 11.3 Å². The summed E-state index contributed by atoms with van der Waals surface area (Å²) >= 11 is 1.47. The number of carboxylic acid groups (broad SMARTS) is 1. The summed E-state index contributed by atoms with van der Waals surface area (Å²) in [6.45, 7) is 2.06. The minimum absolute atomic E-state index is 0.0529. The van der Waals surface area contributed by atoms with Crippen LogP contribution in [0.25, 0.3) is 5.57 Å². The van der Waals surface area contributed by atoms with E-state index in [9.17, 15) is 22.8 Å². The van der Waals surface area contributed by atoms with Crippen molar-refractivity contribution >= 4 is 28.8 Å². The SMILES string of the molecule is Cc1ccc(C(Cc2ccc(C(=O)NCCC(=O)O)cc2)c2nc(C3=CC=C(C(F)(F)F)C=CC3)cs2)cc1. The first-order valence-electron chi connectivity index (χ1n) is 12.4. The van der Waals surface area contributed by atoms with Crippen molar-refractivity contribution in [2.24, 2.45) is 0 Å². The number of aryl methyl sites for hydroxylation is 1. The second-order valence-corrected chi connectivity index (χ2v) is 10.1. The molecule has 5 nitrogen and oxygen atoms in total. The number of nitrogens with one attached hydrogen (secondary N) is 1. The van der Waals surface area contributed by atoms with Crippen LogP contribution in [0, 0.1) is 6.92 Å². The molecular weight excluding hydrogens is 525 g/mol. The number of rotatable bonds is 9. The lowest BCUT2D eigenvalue weighted by Gasteiger charge is -2.16. The van der Waals surface area contributed by atoms with Gasteiger partial charge in [-0.05, 0) is 54.7 Å². The molecule has 0 saturated carbocycles. The van der Waals surface area contributed by atoms with Gasteiger partial charge < -0.3 is 10.4 Å². The number of benzene rings is 2. The number of thiazole rings is 1. The monoisotopic (exact) mass is 552 g/mol. The highest BCUT2D eigenvalue weighted by Crippen LogP contribution is 2.35. The molecule has 1 amide bonds. The van der Waals surface area contributed by atoms with E-state index in [0.29, 0.717) is 29.7 Å². The highest BCUT2D eigenvalue weighted by molar-refractivity contribution is 7.09. The van der Waals surface area contributed by atoms with Crippen LogP contribution in [-0.2, 0) is 11.2 Å². The maximum atomic E-state index is 13.1. The molecule has 0 radical (unpaired) electrons. The summed E-state index contributed by atoms with van der Waals surface area (Å²) in [6.07, 6.45) is 1.59. The number of allylic oxidation sites excluding steroid dienone is 6. The van der Waals surface area contributed by atoms with Crippen molar-refractivity contribution < 1.29 is 27.9 Å². The molecule has 0 aliphatic heterocycles. The van der Waals surface area contributed by atoms with Gasteiger partial charge in [0.1, 0.15) is 5.01 Å². The van der Waals surface area contributed by atoms with Crippen LogP contribution in [-0.4, -0.2) is 34.7 Å². The molecule has 1 aliphatic carbocycles. The van der Waals surface area contributed by atoms with Crippen molar-refractivity contribution in [3.63, 3.8) is 0 Å². The van der Waals surface area contributed by atoms with Gasteiger partial charge in [-0.2, -0.15) is 13.2 Å². The summed E-state index contributed by atoms with van der Waals surface area (Å²) < 4.78 is 39.4. The van der Waals surface area contributed by atoms with Gasteiger partial charge in [0.15, 0.2) is 0 Å². The summed E-state index contributed by atoms with van der Waals surface area (Å²) in [5.74, 6) is -1.41. The number of aliphatic carboxylic acids is 1. The number of aromatic nitrogens is 1. The third kappa shape index (κ3) is 7.54. The predicted octanol–water partition coefficient (Wildman–Crippen LogP) is 6.86. The molecular formula is C30H27F3N2O3S. The fourth-order valence-corrected chi connectivity index (χ4v) is 5.13. The Hall–Kier alpha value is -3.98. The van der Waals surface area contributed by atoms with Gasteiger partial charge in [-0.3, -0.25) is 9.59 Å². The number of hydrogen-bond acceptors (Lipinski definition) is 4. The molecule has 1 heterocycles. The number of nitrogens with zero attached hydrogens (tertiary/aromatic N) is 1. The molecule has 2 N–H and O–H groups in total. The average Bonchev–Trinajstić information content (AvgIpc) is 3.23. The van der Waals surface area contributed by atoms with E-state index in [-0.39, 0.29) is 24.8 Å². The summed E-state index contributed by atoms with van der Waals surface area (Å²) in [5.41, 5.74) is 4.29. The Morgan fingerprint density at radius 2 is 1.79 bits per heavy atom. The Labute approximate surface area is 228 Å². The second kappa shape index (κ2) is 12.3. The predicted molar refractivity (Wildman–Crippen MR) is 146 cm³/mol. The topological polar surface area (TPSA) is 79.3 Å². The molecule has 1 aromatic heterocycles. The summed E-state index contributed by atoms with van der Waals surface area (Å²) in [6, 6.07) is 15.3. The molecule has 0 bridgehead atoms. The van der Waals surface area contributed by atoms with E-state index in [1.807, 2.05) is 36.6 Å². The molecule has 0 fully saturated rings. The number of hydrogen-bond donors (Lipinski definition) is 2. The molecule has 1 unspecified atom stereocenters. The lowest BCUT2D eigenvalue weighted by Crippen LogP contribution is -2.25. The lowest BCUT2D eigenvalue weighted by atomic mass is 9.91. The number of alkyl halides is 3. The number of carbonyl (C=O) groups excluding carboxylic acids is 1. The van der Waals surface area contributed by atoms with Gasteiger partial charge in [0, 0.05) is 23.4 Å². The first-order chi connectivity index (χ1) is 18.6. The van der Waals surface area contributed by atoms with Crippen LogP contribution in [0.5, 0.6) is 0 Å². The summed E-state index contributed by atoms with van der Waals surface area (Å²) in [4.78, 5) is 27.8. The average molecular weight is 553 g/mol. The molecule has 1 aliphatic rings. The third-order valence-corrected chi connectivity index (χ3v) is 7.29. The molecule has 39 heavy (non-hydrogen) atoms. The zero-order chi connectivity index (χ0) is 28.0. The van der Waals surface area contributed by atoms with Crippen LogP contribution < -0.4 is 5.32 Å². The standard InChI is InChI=1S/C30H27F3N2O3S/c1-19-5-9-21(10-6-19)25(17-20-7-11-23(12-8-20)28(38)34-16-15-27(36)37)29-35-26(18-39-29)22-3-2-4-24(14-13-22)30(31,32)33/h2,4-14,18,25H,3,15-17H2,1H3,(H,34,38)(H,36,37). The maximum absolute atomic E-state index is 13.1. The van der Waals surface area contributed by atoms with E-state index in [2.05, 4.69) is 17.4 Å². The maximum Gasteiger partial charge on any atom is 0.416 e. The fraction of sp³-hybridized carbons (Fsp3) is 0.233. The zero-order valence-corrected chi connectivity index (χ0v) is 22.0. The minimum atomic E-state index is -4.40. The van der Waals surface area contributed by atoms with E-state index in [0.717, 1.165) is 33.9 Å². The van der Waals surface area contributed by atoms with Gasteiger partial charge in [-0.15, -0.1) is 11.3 Å². The first-order valence-corrected chi connectivity index (χ1v) is 13.2. The van der Waals surface area contributed by atoms with Crippen molar-refractivity contribution in [1.82, 2.24) is 10.3 Å². The van der Waals surface area contributed by atoms with Gasteiger partial charge in [0.2, 0.25) is 0 Å². The summed E-state index contributed by atoms with van der Waals surface area (Å²) in [7, 11) is 0. The van der Waals surface area contributed by atoms with E-state index >= 15 is 0 Å². The first kappa shape index (κ1) is 28.0. The van der Waals surface area contributed by atoms with Gasteiger partial charge >= 0.3 is 12.1 Å². The molecule has 0 saturated heterocycles. The van der Waals surface area contributed by atoms with Crippen LogP contribution in [0.1, 0.15) is 56.5 Å². The van der Waals surface area contributed by atoms with Crippen molar-refractivity contribution in [3.05, 3.63) is 117 Å². The van der Waals surface area contributed by atoms with Crippen LogP contribution in [0.15, 0.2) is 83.8 Å². The molecule has 2 aromatic carbocycles. The van der Waals surface area contributed by atoms with Crippen molar-refractivity contribution in [2.45, 2.75) is 38.3 Å². The minimum Gasteiger partial charge on any atom is -0.481 e. The Morgan fingerprint density at radius 1 is 1.08 bits per heavy atom. The summed E-state index contributed by atoms with van der Waals surface area (Å²) in [5, 5.41) is 14.1. The van der Waals surface area contributed by atoms with Gasteiger partial charge in [-0.25, -0.2) is 4.98 Å². The zero-order valence-electron chi connectivity index (χ0n) is 21.2. The quantitative estimate of drug-likeness (QED) is 0.304. The van der Waals surface area contributed by atoms with Crippen LogP contribution in [0.3, 0.4) is 0 Å². The number of halogens is 3. The van der Waals surface area contributed by atoms with Gasteiger partial charge in [0.05, 0.1) is 17.7 Å². The highest BCUT2D eigenvalue weighted by atomic mass is 32.1. The molecule has 202 valence electrons. The Bertz CT molecular complexity index is 1420. The Morgan fingerprint density at radius 3 is 2.46 bits per heavy atom. The molecule has 4 rings (SSSR count). The number of amides is 1. The molecule has 1 atom stereocenters. The molecule has 0 spiro atoms. The van der Waals surface area contributed by atoms with Crippen LogP contribution in [0.4, 0.5) is 13.2 Å². The number of carboxylic acids is 1. The fourth-order valence-electron chi connectivity index (χ4n) is 4.16. The van der Waals surface area contributed by atoms with Gasteiger partial charge in [-0.1, -0.05) is 60.2 Å². The van der Waals surface area contributed by atoms with Gasteiger partial charge in [0.25, 0.3) is 5.91 Å². The molecule has 9 heteroatoms. The Balaban J connectivity index is 1.56. The van der Waals surface area contributed by atoms with E-state index in [1.54, 1.807) is 12.1 Å². The van der Waals surface area contributed by atoms with E-state index < -0.39 is 17.7 Å². The van der Waals surface area contributed by atoms with E-state index in [1.165, 1.54) is 23.5 Å². The number of carbonyl (C=O) groups is 2. The van der Waals surface area contributed by atoms with Crippen molar-refractivity contribution in [2.75, 3.05) is 6.54 Å². The normalized spacial score (nSPS) is 14.3. The molecule has 3 aromatic rings. The third-order valence-electron chi connectivity index (χ3n) is 6.34. The smallest absolute Gasteiger partial charge is 0.416 e. The van der Waals surface area contributed by atoms with Crippen LogP contribution in [0.2, 0.25) is 0 Å². The second-order valence-electron chi connectivity index (χ2n) is 9.25. The van der Waals surface area contributed by atoms with Crippen molar-refractivity contribution in [1.29, 1.82) is 0 Å². The lowest BCUT2D eigenvalue weighted by molar-refractivity contribution is -0.136. The highest BCUT2D eigenvalue weighted by Gasteiger charge is 2.31.